The molecule has 1 amide bonds. The number of carbonyl (C=O) groups excluding carboxylic acids is 1. The fraction of sp³-hybridized carbons (Fsp3) is 0.320. The Balaban J connectivity index is 1.57. The maximum atomic E-state index is 12.2. The molecule has 1 fully saturated rings. The molecule has 4 rings (SSSR count). The van der Waals surface area contributed by atoms with Gasteiger partial charge in [0, 0.05) is 37.1 Å². The van der Waals surface area contributed by atoms with Crippen LogP contribution in [0.2, 0.25) is 0 Å². The van der Waals surface area contributed by atoms with Crippen LogP contribution >= 0.6 is 11.9 Å². The number of nitrogens with two attached hydrogens (primary N) is 1. The summed E-state index contributed by atoms with van der Waals surface area (Å²) in [5.41, 5.74) is 10.5. The second kappa shape index (κ2) is 10.4. The number of H-pyrrole nitrogens is 1. The highest BCUT2D eigenvalue weighted by atomic mass is 32.2. The minimum Gasteiger partial charge on any atom is -0.392 e. The number of benzene rings is 2. The van der Waals surface area contributed by atoms with Crippen LogP contribution in [0.3, 0.4) is 0 Å². The number of aliphatic imine (C=N–C) groups is 1. The third-order valence-corrected chi connectivity index (χ3v) is 7.13. The molecule has 178 valence electrons. The lowest BCUT2D eigenvalue weighted by molar-refractivity contribution is 0.100. The summed E-state index contributed by atoms with van der Waals surface area (Å²) < 4.78 is 2.30. The van der Waals surface area contributed by atoms with E-state index in [9.17, 15) is 9.90 Å². The van der Waals surface area contributed by atoms with E-state index >= 15 is 0 Å². The van der Waals surface area contributed by atoms with Crippen LogP contribution in [-0.2, 0) is 6.61 Å². The van der Waals surface area contributed by atoms with Gasteiger partial charge in [-0.25, -0.2) is 4.31 Å². The number of piperidine rings is 1. The van der Waals surface area contributed by atoms with Gasteiger partial charge in [-0.15, -0.1) is 0 Å². The van der Waals surface area contributed by atoms with E-state index < -0.39 is 5.91 Å². The minimum absolute atomic E-state index is 0.01000. The number of nitrogens with one attached hydrogen (secondary N) is 2. The third-order valence-electron chi connectivity index (χ3n) is 6.18. The Morgan fingerprint density at radius 2 is 2.00 bits per heavy atom. The van der Waals surface area contributed by atoms with Crippen molar-refractivity contribution in [2.24, 2.45) is 10.7 Å². The molecule has 2 heterocycles. The maximum Gasteiger partial charge on any atom is 0.251 e. The van der Waals surface area contributed by atoms with Gasteiger partial charge in [0.15, 0.2) is 0 Å². The number of hydrogen-bond donors (Lipinski definition) is 4. The fourth-order valence-corrected chi connectivity index (χ4v) is 5.18. The van der Waals surface area contributed by atoms with E-state index in [1.165, 1.54) is 0 Å². The molecule has 1 aliphatic rings. The normalized spacial score (nSPS) is 15.6. The molecule has 8 nitrogen and oxygen atoms in total. The number of aliphatic hydroxyl groups is 1. The average Bonchev–Trinajstić information content (AvgIpc) is 3.27. The predicted octanol–water partition coefficient (Wildman–Crippen LogP) is 3.76. The van der Waals surface area contributed by atoms with Crippen molar-refractivity contribution >= 4 is 34.6 Å². The van der Waals surface area contributed by atoms with Crippen molar-refractivity contribution in [3.63, 3.8) is 0 Å². The predicted molar refractivity (Wildman–Crippen MR) is 138 cm³/mol. The van der Waals surface area contributed by atoms with Gasteiger partial charge < -0.3 is 16.2 Å². The van der Waals surface area contributed by atoms with Crippen LogP contribution in [0, 0.1) is 0 Å². The molecule has 34 heavy (non-hydrogen) atoms. The Morgan fingerprint density at radius 1 is 1.29 bits per heavy atom. The quantitative estimate of drug-likeness (QED) is 0.233. The Hall–Kier alpha value is -3.14. The molecule has 9 heteroatoms. The van der Waals surface area contributed by atoms with Gasteiger partial charge in [0.25, 0.3) is 5.91 Å². The summed E-state index contributed by atoms with van der Waals surface area (Å²) in [5.74, 6) is 0.637. The van der Waals surface area contributed by atoms with Crippen molar-refractivity contribution in [3.05, 3.63) is 64.8 Å². The molecule has 2 aromatic carbocycles. The van der Waals surface area contributed by atoms with E-state index in [0.29, 0.717) is 17.0 Å². The third kappa shape index (κ3) is 5.16. The van der Waals surface area contributed by atoms with Gasteiger partial charge in [-0.1, -0.05) is 30.8 Å². The van der Waals surface area contributed by atoms with Crippen molar-refractivity contribution in [2.45, 2.75) is 32.3 Å². The molecule has 3 aromatic rings. The zero-order valence-electron chi connectivity index (χ0n) is 19.5. The molecule has 0 saturated carbocycles. The molecule has 1 saturated heterocycles. The maximum absolute atomic E-state index is 12.2. The zero-order chi connectivity index (χ0) is 24.2. The SMILES string of the molecule is C=C(NC(C)=NC)SN1CCC(c2[nH]nc3c(C(N)=O)cc(-c4ccc(CO)cc4)cc23)CC1. The van der Waals surface area contributed by atoms with Crippen LogP contribution in [0.4, 0.5) is 0 Å². The lowest BCUT2D eigenvalue weighted by Crippen LogP contribution is -2.29. The first-order chi connectivity index (χ1) is 16.4. The Labute approximate surface area is 203 Å². The Kier molecular flexibility index (Phi) is 7.35. The lowest BCUT2D eigenvalue weighted by Gasteiger charge is -2.31. The van der Waals surface area contributed by atoms with Crippen molar-refractivity contribution in [1.29, 1.82) is 0 Å². The van der Waals surface area contributed by atoms with E-state index in [4.69, 9.17) is 5.73 Å². The summed E-state index contributed by atoms with van der Waals surface area (Å²) in [6, 6.07) is 11.5. The summed E-state index contributed by atoms with van der Waals surface area (Å²) in [6.07, 6.45) is 1.92. The standard InChI is InChI=1S/C25H30N6O2S/c1-15(27-3)28-16(2)34-31-10-8-19(9-11-31)23-21-12-20(18-6-4-17(14-32)5-7-18)13-22(25(26)33)24(21)30-29-23/h4-7,12-13,19,32H,2,8-11,14H2,1,3H3,(H2,26,33)(H,27,28)(H,29,30). The van der Waals surface area contributed by atoms with Gasteiger partial charge in [0.05, 0.1) is 23.0 Å². The van der Waals surface area contributed by atoms with Crippen LogP contribution in [0.15, 0.2) is 53.0 Å². The first kappa shape index (κ1) is 24.0. The number of aromatic amines is 1. The first-order valence-corrected chi connectivity index (χ1v) is 12.0. The number of hydrogen-bond acceptors (Lipinski definition) is 6. The summed E-state index contributed by atoms with van der Waals surface area (Å²) in [7, 11) is 1.75. The van der Waals surface area contributed by atoms with Gasteiger partial charge in [-0.3, -0.25) is 14.9 Å². The number of carbonyl (C=O) groups is 1. The molecule has 0 radical (unpaired) electrons. The largest absolute Gasteiger partial charge is 0.392 e. The molecule has 1 aliphatic heterocycles. The number of rotatable bonds is 7. The van der Waals surface area contributed by atoms with Crippen molar-refractivity contribution in [2.75, 3.05) is 20.1 Å². The van der Waals surface area contributed by atoms with Crippen LogP contribution in [0.1, 0.15) is 47.3 Å². The van der Waals surface area contributed by atoms with E-state index in [0.717, 1.165) is 64.6 Å². The van der Waals surface area contributed by atoms with Gasteiger partial charge in [0.1, 0.15) is 5.52 Å². The summed E-state index contributed by atoms with van der Waals surface area (Å²) in [5, 5.41) is 22.0. The highest BCUT2D eigenvalue weighted by molar-refractivity contribution is 8.00. The van der Waals surface area contributed by atoms with Crippen LogP contribution in [-0.4, -0.2) is 51.5 Å². The molecule has 5 N–H and O–H groups in total. The van der Waals surface area contributed by atoms with E-state index in [-0.39, 0.29) is 6.61 Å². The van der Waals surface area contributed by atoms with Gasteiger partial charge in [0.2, 0.25) is 0 Å². The lowest BCUT2D eigenvalue weighted by atomic mass is 9.90. The van der Waals surface area contributed by atoms with E-state index in [2.05, 4.69) is 37.5 Å². The zero-order valence-corrected chi connectivity index (χ0v) is 20.3. The molecule has 0 unspecified atom stereocenters. The summed E-state index contributed by atoms with van der Waals surface area (Å²) in [4.78, 5) is 16.3. The summed E-state index contributed by atoms with van der Waals surface area (Å²) in [6.45, 7) is 7.79. The number of fused-ring (bicyclic) bond motifs is 1. The molecule has 0 spiro atoms. The second-order valence-electron chi connectivity index (χ2n) is 8.43. The van der Waals surface area contributed by atoms with Crippen LogP contribution in [0.5, 0.6) is 0 Å². The average molecular weight is 479 g/mol. The molecule has 0 bridgehead atoms. The molecule has 1 aromatic heterocycles. The Morgan fingerprint density at radius 3 is 2.62 bits per heavy atom. The smallest absolute Gasteiger partial charge is 0.251 e. The Bertz CT molecular complexity index is 1230. The first-order valence-electron chi connectivity index (χ1n) is 11.2. The van der Waals surface area contributed by atoms with Crippen molar-refractivity contribution < 1.29 is 9.90 Å². The molecule has 0 aliphatic carbocycles. The fourth-order valence-electron chi connectivity index (χ4n) is 4.28. The van der Waals surface area contributed by atoms with E-state index in [1.807, 2.05) is 31.2 Å². The van der Waals surface area contributed by atoms with Crippen LogP contribution < -0.4 is 11.1 Å². The molecule has 0 atom stereocenters. The second-order valence-corrected chi connectivity index (χ2v) is 9.62. The number of aliphatic hydroxyl groups excluding tert-OH is 1. The number of primary amides is 1. The van der Waals surface area contributed by atoms with Crippen molar-refractivity contribution in [3.8, 4) is 11.1 Å². The number of aromatic nitrogens is 2. The van der Waals surface area contributed by atoms with Crippen molar-refractivity contribution in [1.82, 2.24) is 19.8 Å². The summed E-state index contributed by atoms with van der Waals surface area (Å²) >= 11 is 1.62. The highest BCUT2D eigenvalue weighted by Crippen LogP contribution is 2.37. The van der Waals surface area contributed by atoms with Gasteiger partial charge >= 0.3 is 0 Å². The highest BCUT2D eigenvalue weighted by Gasteiger charge is 2.26. The van der Waals surface area contributed by atoms with E-state index in [1.54, 1.807) is 25.1 Å². The number of amidine groups is 1. The minimum atomic E-state index is -0.500. The van der Waals surface area contributed by atoms with Gasteiger partial charge in [-0.05, 0) is 60.5 Å². The van der Waals surface area contributed by atoms with Gasteiger partial charge in [-0.2, -0.15) is 5.10 Å². The molecular formula is C25H30N6O2S. The number of nitrogens with zero attached hydrogens (tertiary/aromatic N) is 3. The number of amides is 1. The molecular weight excluding hydrogens is 448 g/mol. The van der Waals surface area contributed by atoms with Crippen LogP contribution in [0.25, 0.3) is 22.0 Å². The monoisotopic (exact) mass is 478 g/mol. The topological polar surface area (TPSA) is 120 Å².